The summed E-state index contributed by atoms with van der Waals surface area (Å²) >= 11 is 1.47. The molecule has 0 radical (unpaired) electrons. The second-order valence-corrected chi connectivity index (χ2v) is 7.74. The molecule has 2 heterocycles. The molecule has 1 aliphatic heterocycles. The van der Waals surface area contributed by atoms with Crippen molar-refractivity contribution in [2.45, 2.75) is 39.2 Å². The van der Waals surface area contributed by atoms with E-state index >= 15 is 0 Å². The van der Waals surface area contributed by atoms with Gasteiger partial charge in [-0.15, -0.1) is 11.3 Å². The number of aryl methyl sites for hydroxylation is 1. The molecule has 25 heavy (non-hydrogen) atoms. The predicted octanol–water partition coefficient (Wildman–Crippen LogP) is 0.827. The molecule has 136 valence electrons. The number of amides is 3. The van der Waals surface area contributed by atoms with Crippen molar-refractivity contribution in [3.63, 3.8) is 0 Å². The number of fused-ring (bicyclic) bond motifs is 1. The highest BCUT2D eigenvalue weighted by Crippen LogP contribution is 2.38. The molecule has 3 amide bonds. The first-order valence-electron chi connectivity index (χ1n) is 8.63. The van der Waals surface area contributed by atoms with Crippen LogP contribution in [0.25, 0.3) is 0 Å². The topological polar surface area (TPSA) is 95.7 Å². The number of carbonyl (C=O) groups is 3. The maximum absolute atomic E-state index is 12.7. The Balaban J connectivity index is 1.67. The summed E-state index contributed by atoms with van der Waals surface area (Å²) in [4.78, 5) is 40.9. The lowest BCUT2D eigenvalue weighted by Crippen LogP contribution is -2.53. The van der Waals surface area contributed by atoms with Crippen molar-refractivity contribution in [3.8, 4) is 0 Å². The number of piperazine rings is 1. The number of primary amides is 1. The van der Waals surface area contributed by atoms with Gasteiger partial charge in [-0.25, -0.2) is 0 Å². The first kappa shape index (κ1) is 17.9. The third-order valence-corrected chi connectivity index (χ3v) is 6.30. The molecule has 0 bridgehead atoms. The Hall–Kier alpha value is -1.93. The number of hydrogen-bond donors (Lipinski definition) is 2. The van der Waals surface area contributed by atoms with Gasteiger partial charge in [-0.1, -0.05) is 0 Å². The third-order valence-electron chi connectivity index (χ3n) is 5.09. The molecule has 1 saturated heterocycles. The van der Waals surface area contributed by atoms with Gasteiger partial charge in [0.15, 0.2) is 0 Å². The van der Waals surface area contributed by atoms with Crippen LogP contribution in [-0.4, -0.2) is 59.7 Å². The lowest BCUT2D eigenvalue weighted by atomic mass is 10.1. The average molecular weight is 364 g/mol. The number of nitrogens with one attached hydrogen (secondary N) is 1. The Morgan fingerprint density at radius 1 is 1.16 bits per heavy atom. The molecule has 1 aliphatic carbocycles. The molecule has 1 atom stereocenters. The van der Waals surface area contributed by atoms with Gasteiger partial charge in [0.25, 0.3) is 5.91 Å². The zero-order valence-electron chi connectivity index (χ0n) is 14.6. The molecule has 0 spiro atoms. The van der Waals surface area contributed by atoms with Crippen LogP contribution >= 0.6 is 11.3 Å². The SMILES string of the molecule is CC(=O)N1CCN([C@@H](C)C(=O)Nc2sc3c(c2C(N)=O)CCC3)CC1. The number of nitrogens with zero attached hydrogens (tertiary/aromatic N) is 2. The Kier molecular flexibility index (Phi) is 5.10. The van der Waals surface area contributed by atoms with Gasteiger partial charge < -0.3 is 16.0 Å². The van der Waals surface area contributed by atoms with E-state index < -0.39 is 5.91 Å². The Bertz CT molecular complexity index is 707. The summed E-state index contributed by atoms with van der Waals surface area (Å²) in [7, 11) is 0. The maximum Gasteiger partial charge on any atom is 0.251 e. The zero-order valence-corrected chi connectivity index (χ0v) is 15.4. The molecule has 3 N–H and O–H groups in total. The van der Waals surface area contributed by atoms with E-state index in [9.17, 15) is 14.4 Å². The molecular weight excluding hydrogens is 340 g/mol. The molecule has 1 aromatic rings. The highest BCUT2D eigenvalue weighted by molar-refractivity contribution is 7.17. The van der Waals surface area contributed by atoms with Crippen LogP contribution in [0.4, 0.5) is 5.00 Å². The monoisotopic (exact) mass is 364 g/mol. The smallest absolute Gasteiger partial charge is 0.251 e. The minimum Gasteiger partial charge on any atom is -0.365 e. The number of nitrogens with two attached hydrogens (primary N) is 1. The number of carbonyl (C=O) groups excluding carboxylic acids is 3. The van der Waals surface area contributed by atoms with E-state index in [0.717, 1.165) is 29.7 Å². The van der Waals surface area contributed by atoms with Crippen LogP contribution in [0.1, 0.15) is 41.1 Å². The van der Waals surface area contributed by atoms with Gasteiger partial charge in [-0.05, 0) is 31.7 Å². The summed E-state index contributed by atoms with van der Waals surface area (Å²) in [6.45, 7) is 6.01. The highest BCUT2D eigenvalue weighted by Gasteiger charge is 2.30. The van der Waals surface area contributed by atoms with Gasteiger partial charge in [0.1, 0.15) is 5.00 Å². The van der Waals surface area contributed by atoms with Gasteiger partial charge in [0.05, 0.1) is 11.6 Å². The van der Waals surface area contributed by atoms with E-state index in [1.54, 1.807) is 11.8 Å². The highest BCUT2D eigenvalue weighted by atomic mass is 32.1. The molecule has 0 unspecified atom stereocenters. The first-order valence-corrected chi connectivity index (χ1v) is 9.45. The fraction of sp³-hybridized carbons (Fsp3) is 0.588. The van der Waals surface area contributed by atoms with Gasteiger partial charge in [-0.3, -0.25) is 19.3 Å². The Labute approximate surface area is 151 Å². The molecular formula is C17H24N4O3S. The number of thiophene rings is 1. The third kappa shape index (κ3) is 3.55. The van der Waals surface area contributed by atoms with Gasteiger partial charge in [0.2, 0.25) is 11.8 Å². The summed E-state index contributed by atoms with van der Waals surface area (Å²) < 4.78 is 0. The van der Waals surface area contributed by atoms with Crippen molar-refractivity contribution in [2.24, 2.45) is 5.73 Å². The van der Waals surface area contributed by atoms with E-state index in [-0.39, 0.29) is 17.9 Å². The standard InChI is InChI=1S/C17H24N4O3S/c1-10(20-6-8-21(9-7-20)11(2)22)16(24)19-17-14(15(18)23)12-4-3-5-13(12)25-17/h10H,3-9H2,1-2H3,(H2,18,23)(H,19,24)/t10-/m0/s1. The van der Waals surface area contributed by atoms with Crippen LogP contribution in [0.15, 0.2) is 0 Å². The van der Waals surface area contributed by atoms with E-state index in [0.29, 0.717) is 36.7 Å². The van der Waals surface area contributed by atoms with Crippen molar-refractivity contribution in [2.75, 3.05) is 31.5 Å². The van der Waals surface area contributed by atoms with Crippen LogP contribution in [-0.2, 0) is 22.4 Å². The molecule has 1 fully saturated rings. The van der Waals surface area contributed by atoms with E-state index in [1.165, 1.54) is 11.3 Å². The molecule has 0 aromatic carbocycles. The first-order chi connectivity index (χ1) is 11.9. The fourth-order valence-corrected chi connectivity index (χ4v) is 4.86. The Morgan fingerprint density at radius 3 is 2.44 bits per heavy atom. The summed E-state index contributed by atoms with van der Waals surface area (Å²) in [6, 6.07) is -0.327. The fourth-order valence-electron chi connectivity index (χ4n) is 3.56. The second-order valence-electron chi connectivity index (χ2n) is 6.63. The predicted molar refractivity (Wildman–Crippen MR) is 96.8 cm³/mol. The van der Waals surface area contributed by atoms with Crippen LogP contribution < -0.4 is 11.1 Å². The minimum absolute atomic E-state index is 0.0657. The number of rotatable bonds is 4. The quantitative estimate of drug-likeness (QED) is 0.827. The summed E-state index contributed by atoms with van der Waals surface area (Å²) in [5.41, 5.74) is 7.03. The summed E-state index contributed by atoms with van der Waals surface area (Å²) in [6.07, 6.45) is 2.83. The molecule has 8 heteroatoms. The van der Waals surface area contributed by atoms with Crippen LogP contribution in [0, 0.1) is 0 Å². The summed E-state index contributed by atoms with van der Waals surface area (Å²) in [5, 5.41) is 3.49. The van der Waals surface area contributed by atoms with Crippen LogP contribution in [0.2, 0.25) is 0 Å². The zero-order chi connectivity index (χ0) is 18.1. The van der Waals surface area contributed by atoms with E-state index in [4.69, 9.17) is 5.73 Å². The van der Waals surface area contributed by atoms with Crippen LogP contribution in [0.3, 0.4) is 0 Å². The largest absolute Gasteiger partial charge is 0.365 e. The second kappa shape index (κ2) is 7.13. The van der Waals surface area contributed by atoms with Crippen molar-refractivity contribution in [3.05, 3.63) is 16.0 Å². The molecule has 3 rings (SSSR count). The molecule has 7 nitrogen and oxygen atoms in total. The maximum atomic E-state index is 12.7. The van der Waals surface area contributed by atoms with Crippen molar-refractivity contribution in [1.82, 2.24) is 9.80 Å². The molecule has 0 saturated carbocycles. The van der Waals surface area contributed by atoms with E-state index in [2.05, 4.69) is 10.2 Å². The average Bonchev–Trinajstić information content (AvgIpc) is 3.14. The van der Waals surface area contributed by atoms with Gasteiger partial charge in [0, 0.05) is 38.0 Å². The van der Waals surface area contributed by atoms with Crippen LogP contribution in [0.5, 0.6) is 0 Å². The lowest BCUT2D eigenvalue weighted by Gasteiger charge is -2.36. The number of anilines is 1. The lowest BCUT2D eigenvalue weighted by molar-refractivity contribution is -0.131. The van der Waals surface area contributed by atoms with Crippen molar-refractivity contribution < 1.29 is 14.4 Å². The molecule has 1 aromatic heterocycles. The van der Waals surface area contributed by atoms with Gasteiger partial charge in [-0.2, -0.15) is 0 Å². The van der Waals surface area contributed by atoms with Gasteiger partial charge >= 0.3 is 0 Å². The van der Waals surface area contributed by atoms with Crippen molar-refractivity contribution >= 4 is 34.1 Å². The number of hydrogen-bond acceptors (Lipinski definition) is 5. The van der Waals surface area contributed by atoms with Crippen molar-refractivity contribution in [1.29, 1.82) is 0 Å². The molecule has 2 aliphatic rings. The summed E-state index contributed by atoms with van der Waals surface area (Å²) in [5.74, 6) is -0.549. The van der Waals surface area contributed by atoms with E-state index in [1.807, 2.05) is 6.92 Å². The normalized spacial score (nSPS) is 18.7. The minimum atomic E-state index is -0.475. The Morgan fingerprint density at radius 2 is 1.84 bits per heavy atom.